The van der Waals surface area contributed by atoms with Gasteiger partial charge in [-0.1, -0.05) is 6.08 Å². The molecule has 0 unspecified atom stereocenters. The summed E-state index contributed by atoms with van der Waals surface area (Å²) in [6.07, 6.45) is 2.76. The molecule has 0 spiro atoms. The maximum atomic E-state index is 12.7. The van der Waals surface area contributed by atoms with Gasteiger partial charge in [0.15, 0.2) is 6.61 Å². The highest BCUT2D eigenvalue weighted by Crippen LogP contribution is 2.21. The van der Waals surface area contributed by atoms with Crippen molar-refractivity contribution in [1.82, 2.24) is 9.21 Å². The molecular weight excluding hydrogens is 372 g/mol. The first-order valence-electron chi connectivity index (χ1n) is 8.68. The normalized spacial score (nSPS) is 15.7. The first-order valence-corrected chi connectivity index (χ1v) is 10.1. The Morgan fingerprint density at radius 2 is 1.74 bits per heavy atom. The van der Waals surface area contributed by atoms with Crippen molar-refractivity contribution >= 4 is 21.9 Å². The molecule has 0 aliphatic carbocycles. The maximum absolute atomic E-state index is 12.7. The van der Waals surface area contributed by atoms with E-state index >= 15 is 0 Å². The van der Waals surface area contributed by atoms with Crippen molar-refractivity contribution in [2.75, 3.05) is 39.4 Å². The van der Waals surface area contributed by atoms with E-state index < -0.39 is 16.0 Å². The number of sulfonamides is 1. The lowest BCUT2D eigenvalue weighted by molar-refractivity contribution is -0.148. The summed E-state index contributed by atoms with van der Waals surface area (Å²) >= 11 is 0. The molecule has 1 amide bonds. The Balaban J connectivity index is 1.91. The van der Waals surface area contributed by atoms with Crippen LogP contribution in [0.25, 0.3) is 0 Å². The summed E-state index contributed by atoms with van der Waals surface area (Å²) < 4.78 is 36.9. The van der Waals surface area contributed by atoms with Gasteiger partial charge >= 0.3 is 5.97 Å². The fourth-order valence-electron chi connectivity index (χ4n) is 2.61. The second-order valence-electron chi connectivity index (χ2n) is 5.80. The van der Waals surface area contributed by atoms with E-state index in [1.165, 1.54) is 33.5 Å². The minimum atomic E-state index is -3.63. The standard InChI is InChI=1S/C18H24N2O6S/c1-3-5-18(22)26-14-17(21)19-10-12-20(13-11-19)27(23,24)16-8-6-15(7-9-16)25-4-2/h3,5-9H,4,10-14H2,1-2H3/b5-3+. The lowest BCUT2D eigenvalue weighted by Gasteiger charge is -2.33. The van der Waals surface area contributed by atoms with Gasteiger partial charge in [-0.3, -0.25) is 4.79 Å². The summed E-state index contributed by atoms with van der Waals surface area (Å²) in [4.78, 5) is 25.0. The molecule has 148 valence electrons. The predicted octanol–water partition coefficient (Wildman–Crippen LogP) is 1.04. The maximum Gasteiger partial charge on any atom is 0.330 e. The number of carbonyl (C=O) groups excluding carboxylic acids is 2. The number of esters is 1. The summed E-state index contributed by atoms with van der Waals surface area (Å²) in [6, 6.07) is 6.27. The van der Waals surface area contributed by atoms with E-state index in [4.69, 9.17) is 9.47 Å². The van der Waals surface area contributed by atoms with Gasteiger partial charge in [-0.2, -0.15) is 4.31 Å². The van der Waals surface area contributed by atoms with Gasteiger partial charge in [-0.05, 0) is 38.1 Å². The van der Waals surface area contributed by atoms with E-state index in [9.17, 15) is 18.0 Å². The molecule has 9 heteroatoms. The van der Waals surface area contributed by atoms with Crippen molar-refractivity contribution in [3.8, 4) is 5.75 Å². The van der Waals surface area contributed by atoms with E-state index in [1.807, 2.05) is 6.92 Å². The van der Waals surface area contributed by atoms with Crippen molar-refractivity contribution in [1.29, 1.82) is 0 Å². The van der Waals surface area contributed by atoms with Gasteiger partial charge < -0.3 is 14.4 Å². The number of rotatable bonds is 7. The zero-order chi connectivity index (χ0) is 19.9. The SMILES string of the molecule is C/C=C/C(=O)OCC(=O)N1CCN(S(=O)(=O)c2ccc(OCC)cc2)CC1. The number of nitrogens with zero attached hydrogens (tertiary/aromatic N) is 2. The van der Waals surface area contributed by atoms with Crippen LogP contribution in [-0.2, 0) is 24.3 Å². The Morgan fingerprint density at radius 1 is 1.11 bits per heavy atom. The summed E-state index contributed by atoms with van der Waals surface area (Å²) in [5, 5.41) is 0. The zero-order valence-corrected chi connectivity index (χ0v) is 16.3. The van der Waals surface area contributed by atoms with Crippen LogP contribution in [0.4, 0.5) is 0 Å². The zero-order valence-electron chi connectivity index (χ0n) is 15.5. The largest absolute Gasteiger partial charge is 0.494 e. The molecule has 0 saturated carbocycles. The fraction of sp³-hybridized carbons (Fsp3) is 0.444. The molecule has 1 aliphatic rings. The lowest BCUT2D eigenvalue weighted by Crippen LogP contribution is -2.51. The molecule has 1 aliphatic heterocycles. The molecule has 0 N–H and O–H groups in total. The highest BCUT2D eigenvalue weighted by molar-refractivity contribution is 7.89. The van der Waals surface area contributed by atoms with Gasteiger partial charge in [-0.25, -0.2) is 13.2 Å². The average molecular weight is 396 g/mol. The average Bonchev–Trinajstić information content (AvgIpc) is 2.67. The van der Waals surface area contributed by atoms with Gasteiger partial charge in [0.1, 0.15) is 5.75 Å². The minimum Gasteiger partial charge on any atom is -0.494 e. The Kier molecular flexibility index (Phi) is 7.37. The van der Waals surface area contributed by atoms with Crippen molar-refractivity contribution in [2.45, 2.75) is 18.7 Å². The van der Waals surface area contributed by atoms with Gasteiger partial charge in [0.05, 0.1) is 11.5 Å². The van der Waals surface area contributed by atoms with Crippen LogP contribution >= 0.6 is 0 Å². The number of carbonyl (C=O) groups is 2. The molecule has 27 heavy (non-hydrogen) atoms. The molecule has 0 radical (unpaired) electrons. The summed E-state index contributed by atoms with van der Waals surface area (Å²) in [5.74, 6) is -0.312. The van der Waals surface area contributed by atoms with E-state index in [-0.39, 0.29) is 43.6 Å². The number of hydrogen-bond donors (Lipinski definition) is 0. The number of hydrogen-bond acceptors (Lipinski definition) is 6. The fourth-order valence-corrected chi connectivity index (χ4v) is 4.03. The topological polar surface area (TPSA) is 93.2 Å². The number of benzene rings is 1. The number of piperazine rings is 1. The van der Waals surface area contributed by atoms with Crippen LogP contribution in [0.3, 0.4) is 0 Å². The molecule has 1 fully saturated rings. The molecule has 0 bridgehead atoms. The third-order valence-electron chi connectivity index (χ3n) is 4.00. The first kappa shape index (κ1) is 20.9. The highest BCUT2D eigenvalue weighted by atomic mass is 32.2. The summed E-state index contributed by atoms with van der Waals surface area (Å²) in [6.45, 7) is 4.54. The Labute approximate surface area is 159 Å². The van der Waals surface area contributed by atoms with E-state index in [1.54, 1.807) is 19.1 Å². The Morgan fingerprint density at radius 3 is 2.30 bits per heavy atom. The second-order valence-corrected chi connectivity index (χ2v) is 7.73. The molecule has 1 heterocycles. The first-order chi connectivity index (χ1) is 12.9. The molecule has 0 aromatic heterocycles. The second kappa shape index (κ2) is 9.52. The van der Waals surface area contributed by atoms with Gasteiger partial charge in [0, 0.05) is 32.3 Å². The number of ether oxygens (including phenoxy) is 2. The van der Waals surface area contributed by atoms with Gasteiger partial charge in [0.25, 0.3) is 5.91 Å². The smallest absolute Gasteiger partial charge is 0.330 e. The molecule has 1 aromatic carbocycles. The Bertz CT molecular complexity index is 781. The van der Waals surface area contributed by atoms with Crippen LogP contribution in [0.5, 0.6) is 5.75 Å². The lowest BCUT2D eigenvalue weighted by atomic mass is 10.3. The van der Waals surface area contributed by atoms with Crippen molar-refractivity contribution in [3.05, 3.63) is 36.4 Å². The summed E-state index contributed by atoms with van der Waals surface area (Å²) in [5.41, 5.74) is 0. The van der Waals surface area contributed by atoms with Crippen LogP contribution in [-0.4, -0.2) is 68.9 Å². The Hall–Kier alpha value is -2.39. The minimum absolute atomic E-state index is 0.185. The molecule has 2 rings (SSSR count). The van der Waals surface area contributed by atoms with Crippen molar-refractivity contribution in [3.63, 3.8) is 0 Å². The molecule has 0 atom stereocenters. The van der Waals surface area contributed by atoms with E-state index in [0.29, 0.717) is 12.4 Å². The molecular formula is C18H24N2O6S. The number of amides is 1. The molecule has 8 nitrogen and oxygen atoms in total. The molecule has 1 aromatic rings. The third-order valence-corrected chi connectivity index (χ3v) is 5.92. The molecule has 1 saturated heterocycles. The van der Waals surface area contributed by atoms with Crippen LogP contribution < -0.4 is 4.74 Å². The van der Waals surface area contributed by atoms with Crippen molar-refractivity contribution in [2.24, 2.45) is 0 Å². The highest BCUT2D eigenvalue weighted by Gasteiger charge is 2.30. The summed E-state index contributed by atoms with van der Waals surface area (Å²) in [7, 11) is -3.63. The third kappa shape index (κ3) is 5.54. The van der Waals surface area contributed by atoms with Crippen LogP contribution in [0.15, 0.2) is 41.3 Å². The van der Waals surface area contributed by atoms with E-state index in [2.05, 4.69) is 0 Å². The van der Waals surface area contributed by atoms with Crippen LogP contribution in [0.1, 0.15) is 13.8 Å². The quantitative estimate of drug-likeness (QED) is 0.505. The number of allylic oxidation sites excluding steroid dienone is 1. The van der Waals surface area contributed by atoms with Gasteiger partial charge in [-0.15, -0.1) is 0 Å². The van der Waals surface area contributed by atoms with E-state index in [0.717, 1.165) is 0 Å². The van der Waals surface area contributed by atoms with Crippen LogP contribution in [0.2, 0.25) is 0 Å². The van der Waals surface area contributed by atoms with Crippen LogP contribution in [0, 0.1) is 0 Å². The van der Waals surface area contributed by atoms with Gasteiger partial charge in [0.2, 0.25) is 10.0 Å². The predicted molar refractivity (Wildman–Crippen MR) is 98.7 cm³/mol. The monoisotopic (exact) mass is 396 g/mol. The van der Waals surface area contributed by atoms with Crippen molar-refractivity contribution < 1.29 is 27.5 Å².